The summed E-state index contributed by atoms with van der Waals surface area (Å²) >= 11 is 6.10. The Bertz CT molecular complexity index is 1240. The van der Waals surface area contributed by atoms with Crippen molar-refractivity contribution in [2.24, 2.45) is 4.99 Å². The van der Waals surface area contributed by atoms with Crippen LogP contribution in [0.25, 0.3) is 10.9 Å². The fourth-order valence-corrected chi connectivity index (χ4v) is 6.34. The number of aryl methyl sites for hydroxylation is 1. The second-order valence-electron chi connectivity index (χ2n) is 7.64. The predicted molar refractivity (Wildman–Crippen MR) is 135 cm³/mol. The van der Waals surface area contributed by atoms with Crippen LogP contribution < -0.4 is 9.03 Å². The molecule has 0 bridgehead atoms. The molecule has 1 aliphatic rings. The number of aromatic amines is 1. The molecule has 4 rings (SSSR count). The van der Waals surface area contributed by atoms with Crippen molar-refractivity contribution >= 4 is 56.2 Å². The highest BCUT2D eigenvalue weighted by Gasteiger charge is 2.26. The van der Waals surface area contributed by atoms with Crippen molar-refractivity contribution in [3.63, 3.8) is 0 Å². The van der Waals surface area contributed by atoms with Crippen LogP contribution in [-0.2, 0) is 10.0 Å². The smallest absolute Gasteiger partial charge is 0.273 e. The zero-order valence-electron chi connectivity index (χ0n) is 17.7. The number of nitrogens with one attached hydrogen (secondary N) is 2. The van der Waals surface area contributed by atoms with Gasteiger partial charge in [-0.1, -0.05) is 36.0 Å². The number of H-pyrrole nitrogens is 1. The molecule has 1 unspecified atom stereocenters. The lowest BCUT2D eigenvalue weighted by Crippen LogP contribution is -2.22. The zero-order chi connectivity index (χ0) is 22.7. The molecule has 2 aromatic carbocycles. The Morgan fingerprint density at radius 2 is 2.06 bits per heavy atom. The summed E-state index contributed by atoms with van der Waals surface area (Å²) in [5.74, 6) is 0. The second-order valence-corrected chi connectivity index (χ2v) is 11.4. The maximum atomic E-state index is 13.2. The Labute approximate surface area is 197 Å². The van der Waals surface area contributed by atoms with Crippen LogP contribution in [0.2, 0.25) is 0 Å². The van der Waals surface area contributed by atoms with Crippen molar-refractivity contribution in [2.45, 2.75) is 23.5 Å². The Morgan fingerprint density at radius 1 is 1.25 bits per heavy atom. The van der Waals surface area contributed by atoms with E-state index in [2.05, 4.69) is 28.1 Å². The highest BCUT2D eigenvalue weighted by molar-refractivity contribution is 8.15. The lowest BCUT2D eigenvalue weighted by atomic mass is 10.2. The quantitative estimate of drug-likeness (QED) is 0.272. The van der Waals surface area contributed by atoms with E-state index in [-0.39, 0.29) is 11.5 Å². The van der Waals surface area contributed by atoms with Gasteiger partial charge < -0.3 is 15.4 Å². The normalized spacial score (nSPS) is 16.5. The molecular formula is C22H26N4O3S3. The van der Waals surface area contributed by atoms with Gasteiger partial charge >= 0.3 is 0 Å². The molecule has 0 amide bonds. The number of thiol groups is 1. The van der Waals surface area contributed by atoms with Crippen molar-refractivity contribution < 1.29 is 13.5 Å². The summed E-state index contributed by atoms with van der Waals surface area (Å²) in [7, 11) is -3.82. The Balaban J connectivity index is 1.57. The number of aromatic nitrogens is 1. The second kappa shape index (κ2) is 9.88. The first kappa shape index (κ1) is 23.2. The summed E-state index contributed by atoms with van der Waals surface area (Å²) in [6.07, 6.45) is 0.961. The SMILES string of the molecule is Cc1cccc(S(=O)(=O)N(S)c2cccc3cc(C4=NCC(CCNCCO)S4)[nH]c23)c1. The van der Waals surface area contributed by atoms with Crippen LogP contribution in [-0.4, -0.2) is 55.0 Å². The first-order valence-corrected chi connectivity index (χ1v) is 13.1. The standard InChI is InChI=1S/C22H26N4O3S3/c1-15-4-2-6-18(12-15)32(28,29)26(30)20-7-3-5-16-13-19(25-21(16)20)22-24-14-17(31-22)8-9-23-10-11-27/h2-7,12-13,17,23,25,27,30H,8-11,14H2,1H3. The molecule has 0 saturated heterocycles. The van der Waals surface area contributed by atoms with Gasteiger partial charge in [0.15, 0.2) is 0 Å². The van der Waals surface area contributed by atoms with E-state index in [1.165, 1.54) is 0 Å². The van der Waals surface area contributed by atoms with Crippen LogP contribution in [0.5, 0.6) is 0 Å². The van der Waals surface area contributed by atoms with Crippen LogP contribution in [0.15, 0.2) is 58.4 Å². The van der Waals surface area contributed by atoms with Crippen molar-refractivity contribution in [3.05, 3.63) is 59.8 Å². The fourth-order valence-electron chi connectivity index (χ4n) is 3.60. The van der Waals surface area contributed by atoms with Gasteiger partial charge in [0.2, 0.25) is 0 Å². The maximum Gasteiger partial charge on any atom is 0.273 e. The highest BCUT2D eigenvalue weighted by Crippen LogP contribution is 2.35. The van der Waals surface area contributed by atoms with Gasteiger partial charge in [0.25, 0.3) is 10.0 Å². The number of hydrogen-bond acceptors (Lipinski definition) is 7. The van der Waals surface area contributed by atoms with Crippen LogP contribution in [0.1, 0.15) is 17.7 Å². The van der Waals surface area contributed by atoms with E-state index in [0.717, 1.165) is 44.9 Å². The number of aliphatic imine (C=N–C) groups is 1. The van der Waals surface area contributed by atoms with Gasteiger partial charge in [0.1, 0.15) is 5.04 Å². The summed E-state index contributed by atoms with van der Waals surface area (Å²) < 4.78 is 27.4. The minimum Gasteiger partial charge on any atom is -0.395 e. The molecular weight excluding hydrogens is 464 g/mol. The van der Waals surface area contributed by atoms with E-state index >= 15 is 0 Å². The molecule has 0 fully saturated rings. The number of sulfonamides is 1. The first-order valence-electron chi connectivity index (χ1n) is 10.4. The number of hydrogen-bond donors (Lipinski definition) is 4. The maximum absolute atomic E-state index is 13.2. The van der Waals surface area contributed by atoms with Crippen molar-refractivity contribution in [3.8, 4) is 0 Å². The summed E-state index contributed by atoms with van der Waals surface area (Å²) in [5, 5.41) is 14.3. The molecule has 0 aliphatic carbocycles. The zero-order valence-corrected chi connectivity index (χ0v) is 20.2. The van der Waals surface area contributed by atoms with Crippen LogP contribution in [0.3, 0.4) is 0 Å². The molecule has 0 radical (unpaired) electrons. The van der Waals surface area contributed by atoms with E-state index in [1.807, 2.05) is 31.2 Å². The van der Waals surface area contributed by atoms with E-state index < -0.39 is 10.0 Å². The molecule has 170 valence electrons. The number of anilines is 1. The number of benzene rings is 2. The molecule has 0 spiro atoms. The third kappa shape index (κ3) is 4.84. The monoisotopic (exact) mass is 490 g/mol. The lowest BCUT2D eigenvalue weighted by molar-refractivity contribution is 0.292. The average molecular weight is 491 g/mol. The van der Waals surface area contributed by atoms with Crippen LogP contribution in [0, 0.1) is 6.92 Å². The van der Waals surface area contributed by atoms with Gasteiger partial charge in [-0.15, -0.1) is 0 Å². The van der Waals surface area contributed by atoms with E-state index in [4.69, 9.17) is 5.11 Å². The van der Waals surface area contributed by atoms with E-state index in [1.54, 1.807) is 36.0 Å². The van der Waals surface area contributed by atoms with Gasteiger partial charge in [0, 0.05) is 17.2 Å². The largest absolute Gasteiger partial charge is 0.395 e. The lowest BCUT2D eigenvalue weighted by Gasteiger charge is -2.19. The first-order chi connectivity index (χ1) is 15.4. The Hall–Kier alpha value is -1.98. The van der Waals surface area contributed by atoms with Crippen LogP contribution >= 0.6 is 24.6 Å². The third-order valence-corrected chi connectivity index (χ3v) is 8.89. The highest BCUT2D eigenvalue weighted by atomic mass is 32.3. The van der Waals surface area contributed by atoms with Crippen LogP contribution in [0.4, 0.5) is 5.69 Å². The summed E-state index contributed by atoms with van der Waals surface area (Å²) in [4.78, 5) is 8.24. The molecule has 1 atom stereocenters. The fraction of sp³-hybridized carbons (Fsp3) is 0.318. The topological polar surface area (TPSA) is 97.8 Å². The Morgan fingerprint density at radius 3 is 2.84 bits per heavy atom. The molecule has 1 aromatic heterocycles. The summed E-state index contributed by atoms with van der Waals surface area (Å²) in [5.41, 5.74) is 2.90. The molecule has 10 heteroatoms. The minimum atomic E-state index is -3.82. The average Bonchev–Trinajstić information content (AvgIpc) is 3.43. The number of aliphatic hydroxyl groups is 1. The molecule has 3 aromatic rings. The molecule has 1 aliphatic heterocycles. The third-order valence-electron chi connectivity index (χ3n) is 5.23. The van der Waals surface area contributed by atoms with Gasteiger partial charge in [-0.25, -0.2) is 12.1 Å². The number of nitrogens with zero attached hydrogens (tertiary/aromatic N) is 2. The van der Waals surface area contributed by atoms with Gasteiger partial charge in [0.05, 0.1) is 34.9 Å². The number of rotatable bonds is 9. The molecule has 0 saturated carbocycles. The van der Waals surface area contributed by atoms with Gasteiger partial charge in [-0.2, -0.15) is 0 Å². The predicted octanol–water partition coefficient (Wildman–Crippen LogP) is 3.35. The van der Waals surface area contributed by atoms with E-state index in [9.17, 15) is 8.42 Å². The molecule has 2 heterocycles. The van der Waals surface area contributed by atoms with E-state index in [0.29, 0.717) is 23.0 Å². The molecule has 7 nitrogen and oxygen atoms in total. The number of fused-ring (bicyclic) bond motifs is 1. The van der Waals surface area contributed by atoms with Gasteiger partial charge in [-0.3, -0.25) is 4.99 Å². The van der Waals surface area contributed by atoms with Gasteiger partial charge in [-0.05, 0) is 62.5 Å². The minimum absolute atomic E-state index is 0.138. The van der Waals surface area contributed by atoms with Crippen molar-refractivity contribution in [2.75, 3.05) is 30.0 Å². The molecule has 32 heavy (non-hydrogen) atoms. The number of aliphatic hydroxyl groups excluding tert-OH is 1. The number of para-hydroxylation sites is 1. The Kier molecular flexibility index (Phi) is 7.16. The number of thioether (sulfide) groups is 1. The van der Waals surface area contributed by atoms with Crippen molar-refractivity contribution in [1.29, 1.82) is 0 Å². The summed E-state index contributed by atoms with van der Waals surface area (Å²) in [6.45, 7) is 4.17. The molecule has 3 N–H and O–H groups in total. The van der Waals surface area contributed by atoms with Crippen molar-refractivity contribution in [1.82, 2.24) is 10.3 Å². The summed E-state index contributed by atoms with van der Waals surface area (Å²) in [6, 6.07) is 14.3.